The highest BCUT2D eigenvalue weighted by Crippen LogP contribution is 2.42. The number of piperidine rings is 1. The summed E-state index contributed by atoms with van der Waals surface area (Å²) in [6, 6.07) is 17.9. The van der Waals surface area contributed by atoms with Crippen molar-refractivity contribution in [3.63, 3.8) is 0 Å². The van der Waals surface area contributed by atoms with Gasteiger partial charge in [-0.15, -0.1) is 11.8 Å². The topological polar surface area (TPSA) is 29.1 Å². The standard InChI is InChI=1S/C21H23NOS/c1-14-11-20(23)22-19-10-7-16-12-17(8-9-18(16)21(14)19)24-13-15-5-3-2-4-6-15/h2-6,8-9,12,14,19,21H,7,10-11,13H2,1H3,(H,22,23)/t14?,19-,21-/m1/s1. The van der Waals surface area contributed by atoms with Crippen LogP contribution in [0, 0.1) is 5.92 Å². The molecule has 0 bridgehead atoms. The van der Waals surface area contributed by atoms with Crippen LogP contribution < -0.4 is 5.32 Å². The number of hydrogen-bond donors (Lipinski definition) is 1. The van der Waals surface area contributed by atoms with Gasteiger partial charge < -0.3 is 5.32 Å². The zero-order chi connectivity index (χ0) is 16.5. The van der Waals surface area contributed by atoms with E-state index in [-0.39, 0.29) is 5.91 Å². The minimum absolute atomic E-state index is 0.224. The Morgan fingerprint density at radius 2 is 2.00 bits per heavy atom. The lowest BCUT2D eigenvalue weighted by atomic mass is 9.70. The lowest BCUT2D eigenvalue weighted by Crippen LogP contribution is -2.49. The third kappa shape index (κ3) is 3.10. The van der Waals surface area contributed by atoms with Crippen molar-refractivity contribution < 1.29 is 4.79 Å². The van der Waals surface area contributed by atoms with Crippen molar-refractivity contribution in [3.05, 3.63) is 65.2 Å². The molecule has 1 N–H and O–H groups in total. The summed E-state index contributed by atoms with van der Waals surface area (Å²) in [5.74, 6) is 2.16. The van der Waals surface area contributed by atoms with Gasteiger partial charge in [0, 0.05) is 29.0 Å². The maximum absolute atomic E-state index is 11.8. The number of nitrogens with one attached hydrogen (secondary N) is 1. The van der Waals surface area contributed by atoms with Gasteiger partial charge in [-0.25, -0.2) is 0 Å². The molecule has 3 atom stereocenters. The molecule has 2 aromatic rings. The fraction of sp³-hybridized carbons (Fsp3) is 0.381. The molecule has 0 radical (unpaired) electrons. The Morgan fingerprint density at radius 3 is 2.83 bits per heavy atom. The maximum Gasteiger partial charge on any atom is 0.220 e. The predicted molar refractivity (Wildman–Crippen MR) is 99.2 cm³/mol. The highest BCUT2D eigenvalue weighted by Gasteiger charge is 2.38. The van der Waals surface area contributed by atoms with Gasteiger partial charge in [-0.1, -0.05) is 43.3 Å². The highest BCUT2D eigenvalue weighted by atomic mass is 32.2. The molecule has 1 aliphatic heterocycles. The van der Waals surface area contributed by atoms with E-state index < -0.39 is 0 Å². The summed E-state index contributed by atoms with van der Waals surface area (Å²) in [5, 5.41) is 3.21. The minimum atomic E-state index is 0.224. The van der Waals surface area contributed by atoms with Crippen LogP contribution in [0.1, 0.15) is 42.4 Å². The molecule has 0 aromatic heterocycles. The predicted octanol–water partition coefficient (Wildman–Crippen LogP) is 4.53. The first-order chi connectivity index (χ1) is 11.7. The van der Waals surface area contributed by atoms with Gasteiger partial charge in [0.25, 0.3) is 0 Å². The van der Waals surface area contributed by atoms with E-state index >= 15 is 0 Å². The zero-order valence-corrected chi connectivity index (χ0v) is 14.8. The van der Waals surface area contributed by atoms with Crippen LogP contribution in [0.2, 0.25) is 0 Å². The van der Waals surface area contributed by atoms with E-state index in [1.807, 2.05) is 11.8 Å². The summed E-state index contributed by atoms with van der Waals surface area (Å²) < 4.78 is 0. The molecule has 2 nitrogen and oxygen atoms in total. The largest absolute Gasteiger partial charge is 0.353 e. The maximum atomic E-state index is 11.8. The quantitative estimate of drug-likeness (QED) is 0.834. The zero-order valence-electron chi connectivity index (χ0n) is 14.0. The van der Waals surface area contributed by atoms with Crippen LogP contribution in [0.4, 0.5) is 0 Å². The van der Waals surface area contributed by atoms with E-state index in [2.05, 4.69) is 60.8 Å². The summed E-state index contributed by atoms with van der Waals surface area (Å²) in [6.45, 7) is 2.23. The van der Waals surface area contributed by atoms with Gasteiger partial charge in [0.15, 0.2) is 0 Å². The molecular weight excluding hydrogens is 314 g/mol. The Kier molecular flexibility index (Phi) is 4.36. The van der Waals surface area contributed by atoms with Crippen LogP contribution in [0.25, 0.3) is 0 Å². The summed E-state index contributed by atoms with van der Waals surface area (Å²) in [7, 11) is 0. The third-order valence-corrected chi connectivity index (χ3v) is 6.41. The Labute approximate surface area is 148 Å². The van der Waals surface area contributed by atoms with Crippen molar-refractivity contribution in [2.75, 3.05) is 0 Å². The molecule has 1 unspecified atom stereocenters. The Morgan fingerprint density at radius 1 is 1.17 bits per heavy atom. The molecule has 1 heterocycles. The van der Waals surface area contributed by atoms with Crippen LogP contribution >= 0.6 is 11.8 Å². The fourth-order valence-corrected chi connectivity index (χ4v) is 5.13. The second kappa shape index (κ2) is 6.64. The number of benzene rings is 2. The van der Waals surface area contributed by atoms with Crippen molar-refractivity contribution in [1.82, 2.24) is 5.32 Å². The number of carbonyl (C=O) groups is 1. The normalized spacial score (nSPS) is 25.5. The molecule has 3 heteroatoms. The minimum Gasteiger partial charge on any atom is -0.353 e. The van der Waals surface area contributed by atoms with E-state index in [9.17, 15) is 4.79 Å². The second-order valence-corrected chi connectivity index (χ2v) is 8.10. The molecule has 1 amide bonds. The molecule has 1 aliphatic carbocycles. The van der Waals surface area contributed by atoms with Crippen molar-refractivity contribution in [2.45, 2.75) is 48.8 Å². The van der Waals surface area contributed by atoms with E-state index in [1.165, 1.54) is 21.6 Å². The molecule has 0 spiro atoms. The van der Waals surface area contributed by atoms with Crippen molar-refractivity contribution >= 4 is 17.7 Å². The molecule has 1 saturated heterocycles. The smallest absolute Gasteiger partial charge is 0.220 e. The molecule has 2 aromatic carbocycles. The summed E-state index contributed by atoms with van der Waals surface area (Å²) >= 11 is 1.91. The molecule has 0 saturated carbocycles. The van der Waals surface area contributed by atoms with Gasteiger partial charge in [-0.3, -0.25) is 4.79 Å². The van der Waals surface area contributed by atoms with Crippen LogP contribution in [0.5, 0.6) is 0 Å². The van der Waals surface area contributed by atoms with Gasteiger partial charge in [-0.2, -0.15) is 0 Å². The SMILES string of the molecule is CC1CC(=O)N[C@@H]2CCc3cc(SCc4ccccc4)ccc3[C@@H]12. The molecule has 124 valence electrons. The number of aryl methyl sites for hydroxylation is 1. The Bertz CT molecular complexity index is 743. The Hall–Kier alpha value is -1.74. The van der Waals surface area contributed by atoms with Crippen molar-refractivity contribution in [2.24, 2.45) is 5.92 Å². The summed E-state index contributed by atoms with van der Waals surface area (Å²) in [6.07, 6.45) is 2.80. The van der Waals surface area contributed by atoms with Gasteiger partial charge in [-0.05, 0) is 47.6 Å². The number of rotatable bonds is 3. The van der Waals surface area contributed by atoms with Crippen LogP contribution in [0.3, 0.4) is 0 Å². The number of carbonyl (C=O) groups excluding carboxylic acids is 1. The summed E-state index contributed by atoms with van der Waals surface area (Å²) in [5.41, 5.74) is 4.31. The van der Waals surface area contributed by atoms with Gasteiger partial charge in [0.05, 0.1) is 0 Å². The van der Waals surface area contributed by atoms with E-state index in [0.29, 0.717) is 24.3 Å². The fourth-order valence-electron chi connectivity index (χ4n) is 4.21. The first-order valence-corrected chi connectivity index (χ1v) is 9.78. The first-order valence-electron chi connectivity index (χ1n) is 8.79. The number of fused-ring (bicyclic) bond motifs is 3. The van der Waals surface area contributed by atoms with Crippen molar-refractivity contribution in [3.8, 4) is 0 Å². The van der Waals surface area contributed by atoms with Crippen LogP contribution in [0.15, 0.2) is 53.4 Å². The van der Waals surface area contributed by atoms with Gasteiger partial charge in [0.1, 0.15) is 0 Å². The van der Waals surface area contributed by atoms with Gasteiger partial charge in [0.2, 0.25) is 5.91 Å². The molecule has 4 rings (SSSR count). The third-order valence-electron chi connectivity index (χ3n) is 5.35. The Balaban J connectivity index is 1.53. The van der Waals surface area contributed by atoms with Crippen molar-refractivity contribution in [1.29, 1.82) is 0 Å². The summed E-state index contributed by atoms with van der Waals surface area (Å²) in [4.78, 5) is 13.2. The molecule has 24 heavy (non-hydrogen) atoms. The number of thioether (sulfide) groups is 1. The van der Waals surface area contributed by atoms with E-state index in [1.54, 1.807) is 0 Å². The number of amides is 1. The first kappa shape index (κ1) is 15.8. The van der Waals surface area contributed by atoms with Crippen LogP contribution in [-0.2, 0) is 17.0 Å². The number of hydrogen-bond acceptors (Lipinski definition) is 2. The van der Waals surface area contributed by atoms with E-state index in [4.69, 9.17) is 0 Å². The monoisotopic (exact) mass is 337 g/mol. The lowest BCUT2D eigenvalue weighted by molar-refractivity contribution is -0.125. The molecule has 2 aliphatic rings. The molecular formula is C21H23NOS. The lowest BCUT2D eigenvalue weighted by Gasteiger charge is -2.41. The van der Waals surface area contributed by atoms with E-state index in [0.717, 1.165) is 18.6 Å². The average Bonchev–Trinajstić information content (AvgIpc) is 2.60. The second-order valence-electron chi connectivity index (χ2n) is 7.05. The van der Waals surface area contributed by atoms with Gasteiger partial charge >= 0.3 is 0 Å². The van der Waals surface area contributed by atoms with Crippen LogP contribution in [-0.4, -0.2) is 11.9 Å². The average molecular weight is 337 g/mol. The molecule has 1 fully saturated rings. The highest BCUT2D eigenvalue weighted by molar-refractivity contribution is 7.98.